The van der Waals surface area contributed by atoms with Crippen LogP contribution in [0.3, 0.4) is 0 Å². The first-order valence-corrected chi connectivity index (χ1v) is 6.97. The molecule has 4 nitrogen and oxygen atoms in total. The molecule has 0 saturated carbocycles. The zero-order valence-corrected chi connectivity index (χ0v) is 12.5. The third kappa shape index (κ3) is 6.95. The maximum absolute atomic E-state index is 11.5. The molecule has 0 unspecified atom stereocenters. The van der Waals surface area contributed by atoms with E-state index in [1.54, 1.807) is 6.20 Å². The summed E-state index contributed by atoms with van der Waals surface area (Å²) in [5, 5.41) is 5.46. The molecule has 20 heavy (non-hydrogen) atoms. The van der Waals surface area contributed by atoms with Crippen molar-refractivity contribution in [3.05, 3.63) is 41.6 Å². The Morgan fingerprint density at radius 3 is 2.80 bits per heavy atom. The van der Waals surface area contributed by atoms with Gasteiger partial charge in [-0.25, -0.2) is 4.79 Å². The lowest BCUT2D eigenvalue weighted by atomic mass is 10.1. The van der Waals surface area contributed by atoms with Crippen LogP contribution in [0.4, 0.5) is 4.79 Å². The van der Waals surface area contributed by atoms with Crippen molar-refractivity contribution in [2.75, 3.05) is 13.2 Å². The van der Waals surface area contributed by atoms with Gasteiger partial charge in [-0.2, -0.15) is 0 Å². The van der Waals surface area contributed by atoms with E-state index in [2.05, 4.69) is 10.6 Å². The normalized spacial score (nSPS) is 11.0. The summed E-state index contributed by atoms with van der Waals surface area (Å²) >= 11 is 0. The van der Waals surface area contributed by atoms with Crippen LogP contribution in [0.5, 0.6) is 0 Å². The third-order valence-corrected chi connectivity index (χ3v) is 2.72. The van der Waals surface area contributed by atoms with E-state index in [4.69, 9.17) is 4.74 Å². The number of rotatable bonds is 7. The lowest BCUT2D eigenvalue weighted by Crippen LogP contribution is -2.33. The van der Waals surface area contributed by atoms with Crippen molar-refractivity contribution >= 4 is 12.1 Å². The molecule has 0 spiro atoms. The topological polar surface area (TPSA) is 50.4 Å². The average molecular weight is 276 g/mol. The lowest BCUT2D eigenvalue weighted by molar-refractivity contribution is 0.0774. The SMILES string of the molecule is Cc1ccccc1/C=C/NC(=O)NCCCOC(C)C. The monoisotopic (exact) mass is 276 g/mol. The van der Waals surface area contributed by atoms with Gasteiger partial charge in [0.25, 0.3) is 0 Å². The fourth-order valence-electron chi connectivity index (χ4n) is 1.63. The number of amides is 2. The van der Waals surface area contributed by atoms with Gasteiger partial charge in [0.05, 0.1) is 6.10 Å². The standard InChI is InChI=1S/C16H24N2O2/c1-13(2)20-12-6-10-17-16(19)18-11-9-15-8-5-4-7-14(15)3/h4-5,7-9,11,13H,6,10,12H2,1-3H3,(H2,17,18,19)/b11-9+. The molecule has 0 saturated heterocycles. The molecule has 0 heterocycles. The van der Waals surface area contributed by atoms with Gasteiger partial charge in [0.15, 0.2) is 0 Å². The zero-order chi connectivity index (χ0) is 14.8. The molecule has 1 rings (SSSR count). The van der Waals surface area contributed by atoms with Crippen LogP contribution in [0.1, 0.15) is 31.4 Å². The largest absolute Gasteiger partial charge is 0.379 e. The number of hydrogen-bond acceptors (Lipinski definition) is 2. The van der Waals surface area contributed by atoms with Gasteiger partial charge in [-0.1, -0.05) is 24.3 Å². The number of carbonyl (C=O) groups excluding carboxylic acids is 1. The van der Waals surface area contributed by atoms with Gasteiger partial charge in [0, 0.05) is 19.4 Å². The summed E-state index contributed by atoms with van der Waals surface area (Å²) in [6, 6.07) is 7.82. The maximum Gasteiger partial charge on any atom is 0.318 e. The molecule has 0 aliphatic heterocycles. The number of nitrogens with one attached hydrogen (secondary N) is 2. The van der Waals surface area contributed by atoms with Gasteiger partial charge in [-0.15, -0.1) is 0 Å². The number of carbonyl (C=O) groups is 1. The highest BCUT2D eigenvalue weighted by Crippen LogP contribution is 2.07. The Bertz CT molecular complexity index is 442. The molecule has 0 fully saturated rings. The Kier molecular flexibility index (Phi) is 7.43. The molecular formula is C16H24N2O2. The average Bonchev–Trinajstić information content (AvgIpc) is 2.40. The number of urea groups is 1. The second kappa shape index (κ2) is 9.15. The first-order valence-electron chi connectivity index (χ1n) is 6.97. The number of ether oxygens (including phenoxy) is 1. The quantitative estimate of drug-likeness (QED) is 0.752. The number of aryl methyl sites for hydroxylation is 1. The zero-order valence-electron chi connectivity index (χ0n) is 12.5. The molecule has 0 aliphatic carbocycles. The minimum absolute atomic E-state index is 0.195. The van der Waals surface area contributed by atoms with Gasteiger partial charge >= 0.3 is 6.03 Å². The van der Waals surface area contributed by atoms with Crippen LogP contribution in [0.2, 0.25) is 0 Å². The van der Waals surface area contributed by atoms with Gasteiger partial charge in [-0.3, -0.25) is 0 Å². The smallest absolute Gasteiger partial charge is 0.318 e. The van der Waals surface area contributed by atoms with Crippen LogP contribution in [0.25, 0.3) is 6.08 Å². The fourth-order valence-corrected chi connectivity index (χ4v) is 1.63. The van der Waals surface area contributed by atoms with Gasteiger partial charge in [0.1, 0.15) is 0 Å². The summed E-state index contributed by atoms with van der Waals surface area (Å²) in [5.74, 6) is 0. The summed E-state index contributed by atoms with van der Waals surface area (Å²) < 4.78 is 5.39. The maximum atomic E-state index is 11.5. The van der Waals surface area contributed by atoms with Crippen LogP contribution in [-0.4, -0.2) is 25.3 Å². The molecule has 2 amide bonds. The van der Waals surface area contributed by atoms with Gasteiger partial charge < -0.3 is 15.4 Å². The number of benzene rings is 1. The molecule has 4 heteroatoms. The second-order valence-electron chi connectivity index (χ2n) is 4.86. The highest BCUT2D eigenvalue weighted by molar-refractivity contribution is 5.75. The van der Waals surface area contributed by atoms with Crippen molar-refractivity contribution in [2.45, 2.75) is 33.3 Å². The van der Waals surface area contributed by atoms with Gasteiger partial charge in [0.2, 0.25) is 0 Å². The predicted octanol–water partition coefficient (Wildman–Crippen LogP) is 3.08. The Balaban J connectivity index is 2.18. The van der Waals surface area contributed by atoms with Crippen LogP contribution in [0, 0.1) is 6.92 Å². The van der Waals surface area contributed by atoms with Crippen molar-refractivity contribution in [3.63, 3.8) is 0 Å². The molecule has 0 bridgehead atoms. The summed E-state index contributed by atoms with van der Waals surface area (Å²) in [6.45, 7) is 7.30. The first kappa shape index (κ1) is 16.2. The molecule has 0 atom stereocenters. The van der Waals surface area contributed by atoms with Crippen molar-refractivity contribution < 1.29 is 9.53 Å². The van der Waals surface area contributed by atoms with E-state index in [9.17, 15) is 4.79 Å². The fraction of sp³-hybridized carbons (Fsp3) is 0.438. The van der Waals surface area contributed by atoms with Crippen LogP contribution in [-0.2, 0) is 4.74 Å². The molecular weight excluding hydrogens is 252 g/mol. The highest BCUT2D eigenvalue weighted by atomic mass is 16.5. The van der Waals surface area contributed by atoms with Crippen LogP contribution >= 0.6 is 0 Å². The minimum atomic E-state index is -0.195. The molecule has 0 aromatic heterocycles. The molecule has 110 valence electrons. The summed E-state index contributed by atoms with van der Waals surface area (Å²) in [6.07, 6.45) is 4.59. The Morgan fingerprint density at radius 2 is 2.10 bits per heavy atom. The highest BCUT2D eigenvalue weighted by Gasteiger charge is 1.97. The van der Waals surface area contributed by atoms with Crippen molar-refractivity contribution in [2.24, 2.45) is 0 Å². The Labute approximate surface area is 121 Å². The summed E-state index contributed by atoms with van der Waals surface area (Å²) in [5.41, 5.74) is 2.27. The molecule has 1 aromatic rings. The predicted molar refractivity (Wildman–Crippen MR) is 82.5 cm³/mol. The van der Waals surface area contributed by atoms with Crippen LogP contribution < -0.4 is 10.6 Å². The summed E-state index contributed by atoms with van der Waals surface area (Å²) in [7, 11) is 0. The van der Waals surface area contributed by atoms with E-state index in [1.807, 2.05) is 51.1 Å². The molecule has 0 radical (unpaired) electrons. The Morgan fingerprint density at radius 1 is 1.35 bits per heavy atom. The van der Waals surface area contributed by atoms with E-state index >= 15 is 0 Å². The van der Waals surface area contributed by atoms with E-state index < -0.39 is 0 Å². The van der Waals surface area contributed by atoms with Crippen molar-refractivity contribution in [3.8, 4) is 0 Å². The van der Waals surface area contributed by atoms with E-state index in [-0.39, 0.29) is 12.1 Å². The third-order valence-electron chi connectivity index (χ3n) is 2.72. The minimum Gasteiger partial charge on any atom is -0.379 e. The number of hydrogen-bond donors (Lipinski definition) is 2. The molecule has 0 aliphatic rings. The van der Waals surface area contributed by atoms with Crippen molar-refractivity contribution in [1.29, 1.82) is 0 Å². The second-order valence-corrected chi connectivity index (χ2v) is 4.86. The van der Waals surface area contributed by atoms with E-state index in [0.717, 1.165) is 12.0 Å². The van der Waals surface area contributed by atoms with Gasteiger partial charge in [-0.05, 0) is 44.4 Å². The molecule has 2 N–H and O–H groups in total. The first-order chi connectivity index (χ1) is 9.59. The van der Waals surface area contributed by atoms with Crippen LogP contribution in [0.15, 0.2) is 30.5 Å². The van der Waals surface area contributed by atoms with E-state index in [0.29, 0.717) is 13.2 Å². The summed E-state index contributed by atoms with van der Waals surface area (Å²) in [4.78, 5) is 11.5. The molecule has 1 aromatic carbocycles. The lowest BCUT2D eigenvalue weighted by Gasteiger charge is -2.08. The van der Waals surface area contributed by atoms with E-state index in [1.165, 1.54) is 5.56 Å². The Hall–Kier alpha value is -1.81. The van der Waals surface area contributed by atoms with Crippen molar-refractivity contribution in [1.82, 2.24) is 10.6 Å².